The molecule has 5 rings (SSSR count). The van der Waals surface area contributed by atoms with Crippen molar-refractivity contribution in [2.75, 3.05) is 32.7 Å². The molecule has 2 aromatic carbocycles. The Kier molecular flexibility index (Phi) is 6.10. The number of aromatic nitrogens is 1. The van der Waals surface area contributed by atoms with Crippen LogP contribution >= 0.6 is 0 Å². The number of fused-ring (bicyclic) bond motifs is 1. The quantitative estimate of drug-likeness (QED) is 0.513. The number of alkyl halides is 3. The van der Waals surface area contributed by atoms with Gasteiger partial charge in [0.25, 0.3) is 5.91 Å². The maximum atomic E-state index is 13.9. The fourth-order valence-corrected chi connectivity index (χ4v) is 5.54. The zero-order valence-corrected chi connectivity index (χ0v) is 18.7. The number of rotatable bonds is 4. The third kappa shape index (κ3) is 4.56. The van der Waals surface area contributed by atoms with Crippen LogP contribution in [0.4, 0.5) is 17.6 Å². The zero-order chi connectivity index (χ0) is 23.9. The summed E-state index contributed by atoms with van der Waals surface area (Å²) in [6, 6.07) is 13.6. The summed E-state index contributed by atoms with van der Waals surface area (Å²) in [4.78, 5) is 19.7. The van der Waals surface area contributed by atoms with Crippen LogP contribution in [0, 0.1) is 17.7 Å². The number of piperidine rings is 1. The van der Waals surface area contributed by atoms with E-state index in [0.29, 0.717) is 36.6 Å². The second-order valence-electron chi connectivity index (χ2n) is 9.49. The molecular formula is C26H27F4N3O. The van der Waals surface area contributed by atoms with Crippen LogP contribution in [0.1, 0.15) is 34.7 Å². The summed E-state index contributed by atoms with van der Waals surface area (Å²) in [7, 11) is 0. The molecule has 2 aliphatic rings. The highest BCUT2D eigenvalue weighted by Crippen LogP contribution is 2.39. The van der Waals surface area contributed by atoms with Crippen molar-refractivity contribution in [2.45, 2.75) is 24.9 Å². The number of likely N-dealkylation sites (tertiary alicyclic amines) is 2. The average Bonchev–Trinajstić information content (AvgIpc) is 3.47. The standard InChI is InChI=1S/C26H27F4N3O/c27-21-6-4-17(5-7-21)18-9-12-32(13-10-18)14-20-15-33(16-23(20)26(28,29)30)25(34)22-3-1-2-19-8-11-31-24(19)22/h1-8,11,18,20,23,31H,9-10,12-16H2/t20?,23-/m1/s1. The number of benzene rings is 2. The Morgan fingerprint density at radius 1 is 1.00 bits per heavy atom. The first-order valence-electron chi connectivity index (χ1n) is 11.7. The Balaban J connectivity index is 1.26. The van der Waals surface area contributed by atoms with Gasteiger partial charge in [-0.15, -0.1) is 0 Å². The number of aromatic amines is 1. The van der Waals surface area contributed by atoms with E-state index in [9.17, 15) is 22.4 Å². The zero-order valence-electron chi connectivity index (χ0n) is 18.7. The number of carbonyl (C=O) groups is 1. The van der Waals surface area contributed by atoms with E-state index < -0.39 is 18.0 Å². The topological polar surface area (TPSA) is 39.3 Å². The summed E-state index contributed by atoms with van der Waals surface area (Å²) in [5.41, 5.74) is 2.14. The molecule has 0 radical (unpaired) electrons. The third-order valence-electron chi connectivity index (χ3n) is 7.39. The first-order chi connectivity index (χ1) is 16.3. The van der Waals surface area contributed by atoms with E-state index in [1.54, 1.807) is 30.5 Å². The summed E-state index contributed by atoms with van der Waals surface area (Å²) >= 11 is 0. The summed E-state index contributed by atoms with van der Waals surface area (Å²) in [5.74, 6) is -2.53. The van der Waals surface area contributed by atoms with E-state index in [0.717, 1.165) is 23.8 Å². The van der Waals surface area contributed by atoms with E-state index in [1.165, 1.54) is 17.0 Å². The van der Waals surface area contributed by atoms with Gasteiger partial charge in [0.15, 0.2) is 0 Å². The number of nitrogens with zero attached hydrogens (tertiary/aromatic N) is 2. The number of nitrogens with one attached hydrogen (secondary N) is 1. The van der Waals surface area contributed by atoms with Crippen molar-refractivity contribution in [2.24, 2.45) is 11.8 Å². The van der Waals surface area contributed by atoms with E-state index in [4.69, 9.17) is 0 Å². The third-order valence-corrected chi connectivity index (χ3v) is 7.39. The molecule has 34 heavy (non-hydrogen) atoms. The second kappa shape index (κ2) is 9.06. The highest BCUT2D eigenvalue weighted by atomic mass is 19.4. The monoisotopic (exact) mass is 473 g/mol. The minimum Gasteiger partial charge on any atom is -0.361 e. The molecule has 3 aromatic rings. The molecule has 0 saturated carbocycles. The number of halogens is 4. The lowest BCUT2D eigenvalue weighted by molar-refractivity contribution is -0.181. The number of H-pyrrole nitrogens is 1. The molecule has 1 N–H and O–H groups in total. The lowest BCUT2D eigenvalue weighted by Crippen LogP contribution is -2.41. The molecule has 2 aliphatic heterocycles. The van der Waals surface area contributed by atoms with Crippen molar-refractivity contribution in [1.82, 2.24) is 14.8 Å². The Morgan fingerprint density at radius 2 is 1.74 bits per heavy atom. The van der Waals surface area contributed by atoms with Crippen molar-refractivity contribution >= 4 is 16.8 Å². The highest BCUT2D eigenvalue weighted by molar-refractivity contribution is 6.05. The van der Waals surface area contributed by atoms with Gasteiger partial charge in [0.1, 0.15) is 5.82 Å². The number of para-hydroxylation sites is 1. The number of carbonyl (C=O) groups excluding carboxylic acids is 1. The minimum absolute atomic E-state index is 0.0952. The van der Waals surface area contributed by atoms with Gasteiger partial charge in [-0.25, -0.2) is 4.39 Å². The lowest BCUT2D eigenvalue weighted by atomic mass is 9.88. The molecule has 8 heteroatoms. The highest BCUT2D eigenvalue weighted by Gasteiger charge is 2.51. The Morgan fingerprint density at radius 3 is 2.44 bits per heavy atom. The van der Waals surface area contributed by atoms with Gasteiger partial charge in [-0.1, -0.05) is 24.3 Å². The van der Waals surface area contributed by atoms with Crippen LogP contribution in [0.3, 0.4) is 0 Å². The van der Waals surface area contributed by atoms with Crippen LogP contribution in [0.25, 0.3) is 10.9 Å². The average molecular weight is 474 g/mol. The van der Waals surface area contributed by atoms with Crippen LogP contribution in [0.15, 0.2) is 54.7 Å². The molecule has 3 heterocycles. The summed E-state index contributed by atoms with van der Waals surface area (Å²) in [5, 5.41) is 0.859. The molecule has 1 unspecified atom stereocenters. The van der Waals surface area contributed by atoms with Gasteiger partial charge in [0.2, 0.25) is 0 Å². The van der Waals surface area contributed by atoms with Gasteiger partial charge in [-0.3, -0.25) is 4.79 Å². The maximum absolute atomic E-state index is 13.9. The van der Waals surface area contributed by atoms with E-state index in [1.807, 2.05) is 12.1 Å². The molecule has 2 atom stereocenters. The fourth-order valence-electron chi connectivity index (χ4n) is 5.54. The predicted octanol–water partition coefficient (Wildman–Crippen LogP) is 5.44. The maximum Gasteiger partial charge on any atom is 0.393 e. The first-order valence-corrected chi connectivity index (χ1v) is 11.7. The number of hydrogen-bond acceptors (Lipinski definition) is 2. The number of amides is 1. The minimum atomic E-state index is -4.36. The first kappa shape index (κ1) is 22.9. The molecule has 2 saturated heterocycles. The van der Waals surface area contributed by atoms with Gasteiger partial charge >= 0.3 is 6.18 Å². The molecule has 1 aromatic heterocycles. The second-order valence-corrected chi connectivity index (χ2v) is 9.49. The van der Waals surface area contributed by atoms with Gasteiger partial charge in [-0.05, 0) is 61.7 Å². The van der Waals surface area contributed by atoms with Crippen molar-refractivity contribution in [3.63, 3.8) is 0 Å². The van der Waals surface area contributed by atoms with Gasteiger partial charge in [0.05, 0.1) is 17.0 Å². The Labute approximate surface area is 195 Å². The van der Waals surface area contributed by atoms with Gasteiger partial charge < -0.3 is 14.8 Å². The molecule has 0 spiro atoms. The SMILES string of the molecule is O=C(c1cccc2cc[nH]c12)N1CC(CN2CCC(c3ccc(F)cc3)CC2)[C@H](C(F)(F)F)C1. The molecule has 1 amide bonds. The molecule has 4 nitrogen and oxygen atoms in total. The molecule has 0 aliphatic carbocycles. The van der Waals surface area contributed by atoms with Gasteiger partial charge in [0, 0.05) is 37.1 Å². The molecular weight excluding hydrogens is 446 g/mol. The summed E-state index contributed by atoms with van der Waals surface area (Å²) < 4.78 is 55.0. The van der Waals surface area contributed by atoms with E-state index in [-0.39, 0.29) is 24.8 Å². The van der Waals surface area contributed by atoms with Crippen LogP contribution < -0.4 is 0 Å². The van der Waals surface area contributed by atoms with Crippen LogP contribution in [-0.2, 0) is 0 Å². The molecule has 2 fully saturated rings. The smallest absolute Gasteiger partial charge is 0.361 e. The fraction of sp³-hybridized carbons (Fsp3) is 0.423. The van der Waals surface area contributed by atoms with Crippen LogP contribution in [0.5, 0.6) is 0 Å². The van der Waals surface area contributed by atoms with E-state index in [2.05, 4.69) is 9.88 Å². The lowest BCUT2D eigenvalue weighted by Gasteiger charge is -2.35. The Hall–Kier alpha value is -2.87. The Bertz CT molecular complexity index is 1150. The van der Waals surface area contributed by atoms with Crippen molar-refractivity contribution < 1.29 is 22.4 Å². The largest absolute Gasteiger partial charge is 0.393 e. The summed E-state index contributed by atoms with van der Waals surface area (Å²) in [6.45, 7) is 1.49. The van der Waals surface area contributed by atoms with Crippen molar-refractivity contribution in [3.05, 3.63) is 71.7 Å². The van der Waals surface area contributed by atoms with Crippen molar-refractivity contribution in [3.8, 4) is 0 Å². The van der Waals surface area contributed by atoms with Gasteiger partial charge in [-0.2, -0.15) is 13.2 Å². The number of hydrogen-bond donors (Lipinski definition) is 1. The van der Waals surface area contributed by atoms with Crippen LogP contribution in [-0.4, -0.2) is 59.6 Å². The van der Waals surface area contributed by atoms with Crippen LogP contribution in [0.2, 0.25) is 0 Å². The predicted molar refractivity (Wildman–Crippen MR) is 122 cm³/mol. The van der Waals surface area contributed by atoms with E-state index >= 15 is 0 Å². The summed E-state index contributed by atoms with van der Waals surface area (Å²) in [6.07, 6.45) is -0.980. The normalized spacial score (nSPS) is 22.5. The van der Waals surface area contributed by atoms with Crippen molar-refractivity contribution in [1.29, 1.82) is 0 Å². The molecule has 180 valence electrons. The molecule has 0 bridgehead atoms.